The number of aromatic nitrogens is 9. The van der Waals surface area contributed by atoms with Crippen LogP contribution in [0.1, 0.15) is 86.2 Å². The Morgan fingerprint density at radius 3 is 1.85 bits per heavy atom. The molecule has 1 aromatic carbocycles. The second-order valence-electron chi connectivity index (χ2n) is 15.3. The number of fused-ring (bicyclic) bond motifs is 2. The monoisotopic (exact) mass is 850 g/mol. The van der Waals surface area contributed by atoms with E-state index in [1.54, 1.807) is 62.9 Å². The van der Waals surface area contributed by atoms with Crippen LogP contribution in [0.3, 0.4) is 0 Å². The molecule has 0 saturated carbocycles. The molecule has 62 heavy (non-hydrogen) atoms. The molecular weight excluding hydrogens is 797 g/mol. The van der Waals surface area contributed by atoms with Gasteiger partial charge in [-0.2, -0.15) is 20.2 Å². The lowest BCUT2D eigenvalue weighted by atomic mass is 10.1. The van der Waals surface area contributed by atoms with E-state index in [2.05, 4.69) is 30.1 Å². The summed E-state index contributed by atoms with van der Waals surface area (Å²) in [6, 6.07) is 8.38. The maximum atomic E-state index is 13.9. The summed E-state index contributed by atoms with van der Waals surface area (Å²) in [5, 5.41) is 8.87. The fourth-order valence-corrected chi connectivity index (χ4v) is 7.92. The first-order chi connectivity index (χ1) is 29.8. The molecule has 20 heteroatoms. The van der Waals surface area contributed by atoms with Crippen LogP contribution in [0.5, 0.6) is 5.75 Å². The highest BCUT2D eigenvalue weighted by Crippen LogP contribution is 2.28. The predicted octanol–water partition coefficient (Wildman–Crippen LogP) is 1.98. The molecule has 0 spiro atoms. The molecule has 328 valence electrons. The Balaban J connectivity index is 1.27. The highest BCUT2D eigenvalue weighted by Gasteiger charge is 2.22. The van der Waals surface area contributed by atoms with Crippen molar-refractivity contribution in [3.8, 4) is 5.75 Å². The smallest absolute Gasteiger partial charge is 0.298 e. The van der Waals surface area contributed by atoms with Crippen LogP contribution in [-0.2, 0) is 45.0 Å². The van der Waals surface area contributed by atoms with Crippen LogP contribution in [0.25, 0.3) is 22.2 Å². The molecule has 1 aliphatic heterocycles. The maximum absolute atomic E-state index is 13.9. The summed E-state index contributed by atoms with van der Waals surface area (Å²) >= 11 is 0. The third-order valence-corrected chi connectivity index (χ3v) is 11.0. The summed E-state index contributed by atoms with van der Waals surface area (Å²) in [6.45, 7) is 13.5. The van der Waals surface area contributed by atoms with Gasteiger partial charge in [-0.15, -0.1) is 0 Å². The largest absolute Gasteiger partial charge is 0.491 e. The number of benzene rings is 1. The lowest BCUT2D eigenvalue weighted by Gasteiger charge is -2.26. The number of nitrogens with two attached hydrogens (primary N) is 2. The number of amides is 4. The zero-order valence-electron chi connectivity index (χ0n) is 36.1. The molecule has 4 amide bonds. The molecule has 6 aromatic rings. The SMILES string of the molecule is CCn1nc(C)cc1C(=O)N=c1n(C)c2cc(C(N)=O)cnc2n1CCCCn1c(=NC(=O)c2cc(C)nn2CC)n(C)c2cc(C(N)=O)cc(OCCCN3CCOCC3)c21. The summed E-state index contributed by atoms with van der Waals surface area (Å²) in [7, 11) is 3.54. The van der Waals surface area contributed by atoms with Gasteiger partial charge in [0.25, 0.3) is 11.8 Å². The highest BCUT2D eigenvalue weighted by molar-refractivity contribution is 5.99. The van der Waals surface area contributed by atoms with Gasteiger partial charge in [0.05, 0.1) is 47.8 Å². The molecule has 0 atom stereocenters. The number of hydrogen-bond acceptors (Lipinski definition) is 10. The van der Waals surface area contributed by atoms with Gasteiger partial charge in [-0.3, -0.25) is 38.0 Å². The molecule has 1 saturated heterocycles. The lowest BCUT2D eigenvalue weighted by molar-refractivity contribution is 0.0358. The second kappa shape index (κ2) is 18.5. The van der Waals surface area contributed by atoms with Crippen LogP contribution >= 0.6 is 0 Å². The molecule has 4 N–H and O–H groups in total. The molecule has 20 nitrogen and oxygen atoms in total. The highest BCUT2D eigenvalue weighted by atomic mass is 16.5. The third-order valence-electron chi connectivity index (χ3n) is 11.0. The minimum Gasteiger partial charge on any atom is -0.491 e. The average Bonchev–Trinajstić information content (AvgIpc) is 3.99. The van der Waals surface area contributed by atoms with Crippen molar-refractivity contribution in [3.05, 3.63) is 81.7 Å². The minimum absolute atomic E-state index is 0.219. The van der Waals surface area contributed by atoms with E-state index in [0.29, 0.717) is 121 Å². The van der Waals surface area contributed by atoms with Crippen molar-refractivity contribution < 1.29 is 28.7 Å². The van der Waals surface area contributed by atoms with Gasteiger partial charge in [-0.1, -0.05) is 0 Å². The zero-order chi connectivity index (χ0) is 44.2. The van der Waals surface area contributed by atoms with Crippen molar-refractivity contribution in [1.29, 1.82) is 0 Å². The topological polar surface area (TPSA) is 235 Å². The molecule has 1 aliphatic rings. The molecule has 7 rings (SSSR count). The Morgan fingerprint density at radius 2 is 1.27 bits per heavy atom. The van der Waals surface area contributed by atoms with Gasteiger partial charge in [-0.25, -0.2) is 4.98 Å². The van der Waals surface area contributed by atoms with Gasteiger partial charge >= 0.3 is 0 Å². The van der Waals surface area contributed by atoms with Crippen LogP contribution in [-0.4, -0.2) is 111 Å². The van der Waals surface area contributed by atoms with E-state index in [1.165, 1.54) is 6.20 Å². The van der Waals surface area contributed by atoms with E-state index in [1.807, 2.05) is 36.8 Å². The molecule has 0 bridgehead atoms. The van der Waals surface area contributed by atoms with Gasteiger partial charge in [0.2, 0.25) is 23.1 Å². The number of carbonyl (C=O) groups excluding carboxylic acids is 4. The minimum atomic E-state index is -0.631. The molecule has 0 radical (unpaired) electrons. The fraction of sp³-hybridized carbons (Fsp3) is 0.452. The van der Waals surface area contributed by atoms with Crippen molar-refractivity contribution in [2.24, 2.45) is 35.5 Å². The number of ether oxygens (including phenoxy) is 2. The molecule has 5 aromatic heterocycles. The number of carbonyl (C=O) groups is 4. The van der Waals surface area contributed by atoms with Gasteiger partial charge in [0.15, 0.2) is 5.65 Å². The lowest BCUT2D eigenvalue weighted by Crippen LogP contribution is -2.37. The standard InChI is InChI=1S/C42H54N14O6/c1-7-55-32(20-26(3)48-55)39(59)46-41-50(5)30-22-28(36(43)57)24-34(62-17-11-12-52-15-18-61-19-16-52)35(30)53(41)13-9-10-14-54-38-31(23-29(25-45-38)37(44)58)51(6)42(54)47-40(60)33-21-27(4)49-56(33)8-2/h20-25H,7-19H2,1-6H3,(H2,43,57)(H2,44,58). The maximum Gasteiger partial charge on any atom is 0.298 e. The number of pyridine rings is 1. The van der Waals surface area contributed by atoms with Crippen LogP contribution in [0.4, 0.5) is 0 Å². The number of hydrogen-bond donors (Lipinski definition) is 2. The number of rotatable bonds is 16. The molecule has 1 fully saturated rings. The Bertz CT molecular complexity index is 2830. The van der Waals surface area contributed by atoms with E-state index in [0.717, 1.165) is 26.1 Å². The van der Waals surface area contributed by atoms with Gasteiger partial charge < -0.3 is 34.6 Å². The van der Waals surface area contributed by atoms with Crippen molar-refractivity contribution in [3.63, 3.8) is 0 Å². The van der Waals surface area contributed by atoms with Crippen LogP contribution in [0.15, 0.2) is 46.5 Å². The first-order valence-electron chi connectivity index (χ1n) is 20.9. The van der Waals surface area contributed by atoms with E-state index in [9.17, 15) is 19.2 Å². The molecule has 0 aliphatic carbocycles. The predicted molar refractivity (Wildman–Crippen MR) is 228 cm³/mol. The van der Waals surface area contributed by atoms with Crippen LogP contribution in [0.2, 0.25) is 0 Å². The number of unbranched alkanes of at least 4 members (excludes halogenated alkanes) is 1. The molecular formula is C42H54N14O6. The third kappa shape index (κ3) is 8.87. The number of nitrogens with zero attached hydrogens (tertiary/aromatic N) is 12. The van der Waals surface area contributed by atoms with E-state index in [4.69, 9.17) is 20.9 Å². The normalized spacial score (nSPS) is 14.1. The number of aryl methyl sites for hydroxylation is 8. The van der Waals surface area contributed by atoms with Crippen molar-refractivity contribution >= 4 is 45.8 Å². The van der Waals surface area contributed by atoms with Crippen molar-refractivity contribution in [1.82, 2.24) is 47.7 Å². The number of morpholine rings is 1. The van der Waals surface area contributed by atoms with Gasteiger partial charge in [0, 0.05) is 71.7 Å². The zero-order valence-corrected chi connectivity index (χ0v) is 36.1. The van der Waals surface area contributed by atoms with Gasteiger partial charge in [0.1, 0.15) is 22.7 Å². The quantitative estimate of drug-likeness (QED) is 0.134. The van der Waals surface area contributed by atoms with E-state index in [-0.39, 0.29) is 11.1 Å². The summed E-state index contributed by atoms with van der Waals surface area (Å²) in [6.07, 6.45) is 3.25. The van der Waals surface area contributed by atoms with E-state index >= 15 is 0 Å². The first-order valence-corrected chi connectivity index (χ1v) is 20.9. The van der Waals surface area contributed by atoms with Crippen LogP contribution < -0.4 is 27.4 Å². The van der Waals surface area contributed by atoms with E-state index < -0.39 is 23.6 Å². The summed E-state index contributed by atoms with van der Waals surface area (Å²) in [5.41, 5.74) is 17.0. The number of primary amides is 2. The Morgan fingerprint density at radius 1 is 0.726 bits per heavy atom. The Kier molecular flexibility index (Phi) is 13.0. The second-order valence-corrected chi connectivity index (χ2v) is 15.3. The number of imidazole rings is 2. The fourth-order valence-electron chi connectivity index (χ4n) is 7.92. The average molecular weight is 851 g/mol. The summed E-state index contributed by atoms with van der Waals surface area (Å²) in [5.74, 6) is -1.76. The van der Waals surface area contributed by atoms with Crippen molar-refractivity contribution in [2.45, 2.75) is 73.1 Å². The van der Waals surface area contributed by atoms with Crippen molar-refractivity contribution in [2.75, 3.05) is 39.5 Å². The summed E-state index contributed by atoms with van der Waals surface area (Å²) < 4.78 is 22.5. The van der Waals surface area contributed by atoms with Crippen LogP contribution in [0, 0.1) is 13.8 Å². The Labute approximate surface area is 357 Å². The van der Waals surface area contributed by atoms with Gasteiger partial charge in [-0.05, 0) is 77.3 Å². The summed E-state index contributed by atoms with van der Waals surface area (Å²) in [4.78, 5) is 68.6. The molecule has 6 heterocycles. The first kappa shape index (κ1) is 43.4. The Hall–Kier alpha value is -6.67. The molecule has 0 unspecified atom stereocenters.